The van der Waals surface area contributed by atoms with Gasteiger partial charge in [-0.3, -0.25) is 0 Å². The summed E-state index contributed by atoms with van der Waals surface area (Å²) >= 11 is 0. The number of nitrogens with zero attached hydrogens (tertiary/aromatic N) is 2. The van der Waals surface area contributed by atoms with Crippen LogP contribution in [0.2, 0.25) is 0 Å². The molecule has 0 aromatic carbocycles. The number of aromatic nitrogens is 2. The minimum absolute atomic E-state index is 0.0344. The topological polar surface area (TPSA) is 84.1 Å². The molecule has 2 rings (SSSR count). The molecule has 6 nitrogen and oxygen atoms in total. The number of halogens is 1. The van der Waals surface area contributed by atoms with Crippen LogP contribution in [0.1, 0.15) is 17.4 Å². The highest BCUT2D eigenvalue weighted by atomic mass is 19.1. The molecule has 2 aromatic heterocycles. The Morgan fingerprint density at radius 3 is 2.89 bits per heavy atom. The summed E-state index contributed by atoms with van der Waals surface area (Å²) in [6.07, 6.45) is 2.54. The van der Waals surface area contributed by atoms with Gasteiger partial charge in [0.05, 0.1) is 6.61 Å². The van der Waals surface area contributed by atoms with Gasteiger partial charge in [0, 0.05) is 17.9 Å². The Balaban J connectivity index is 2.50. The number of imidazole rings is 1. The minimum atomic E-state index is -1.79. The molecule has 18 heavy (non-hydrogen) atoms. The van der Waals surface area contributed by atoms with E-state index in [1.165, 1.54) is 16.8 Å². The van der Waals surface area contributed by atoms with Crippen LogP contribution < -0.4 is 5.46 Å². The number of fused-ring (bicyclic) bond motifs is 1. The van der Waals surface area contributed by atoms with Crippen LogP contribution in [0.3, 0.4) is 0 Å². The van der Waals surface area contributed by atoms with Gasteiger partial charge in [-0.15, -0.1) is 0 Å². The second-order valence-corrected chi connectivity index (χ2v) is 3.57. The first-order chi connectivity index (χ1) is 8.52. The average molecular weight is 252 g/mol. The van der Waals surface area contributed by atoms with Gasteiger partial charge in [-0.2, -0.15) is 0 Å². The molecule has 2 aromatic rings. The van der Waals surface area contributed by atoms with Crippen LogP contribution in [0.15, 0.2) is 18.5 Å². The lowest BCUT2D eigenvalue weighted by atomic mass is 9.82. The van der Waals surface area contributed by atoms with Gasteiger partial charge in [-0.25, -0.2) is 14.2 Å². The summed E-state index contributed by atoms with van der Waals surface area (Å²) in [5.74, 6) is -1.41. The lowest BCUT2D eigenvalue weighted by molar-refractivity contribution is 0.0520. The summed E-state index contributed by atoms with van der Waals surface area (Å²) in [6.45, 7) is 1.84. The second-order valence-electron chi connectivity index (χ2n) is 3.57. The molecular weight excluding hydrogens is 242 g/mol. The predicted octanol–water partition coefficient (Wildman–Crippen LogP) is -0.670. The van der Waals surface area contributed by atoms with Gasteiger partial charge in [0.25, 0.3) is 0 Å². The molecule has 94 valence electrons. The minimum Gasteiger partial charge on any atom is -0.461 e. The Labute approximate surface area is 102 Å². The molecule has 0 bridgehead atoms. The smallest absolute Gasteiger partial charge is 0.461 e. The molecule has 0 unspecified atom stereocenters. The number of pyridine rings is 1. The Bertz CT molecular complexity index is 599. The van der Waals surface area contributed by atoms with Crippen LogP contribution in [0.25, 0.3) is 5.65 Å². The van der Waals surface area contributed by atoms with Crippen LogP contribution in [-0.2, 0) is 4.74 Å². The molecule has 0 atom stereocenters. The van der Waals surface area contributed by atoms with Crippen molar-refractivity contribution in [2.75, 3.05) is 6.61 Å². The highest BCUT2D eigenvalue weighted by Gasteiger charge is 2.18. The van der Waals surface area contributed by atoms with Crippen LogP contribution >= 0.6 is 0 Å². The summed E-state index contributed by atoms with van der Waals surface area (Å²) < 4.78 is 19.6. The van der Waals surface area contributed by atoms with Gasteiger partial charge in [-0.1, -0.05) is 0 Å². The zero-order valence-corrected chi connectivity index (χ0v) is 9.50. The van der Waals surface area contributed by atoms with Crippen molar-refractivity contribution in [1.82, 2.24) is 9.38 Å². The largest absolute Gasteiger partial charge is 0.490 e. The third-order valence-corrected chi connectivity index (χ3v) is 2.31. The van der Waals surface area contributed by atoms with E-state index in [2.05, 4.69) is 4.98 Å². The number of rotatable bonds is 3. The van der Waals surface area contributed by atoms with Crippen molar-refractivity contribution < 1.29 is 24.0 Å². The lowest BCUT2D eigenvalue weighted by Crippen LogP contribution is -2.31. The standard InChI is InChI=1S/C10H10BFN2O4/c1-2-18-10(15)8-5-14-4-6(11(16)17)3-7(12)9(14)13-8/h3-5,16-17H,2H2,1H3. The van der Waals surface area contributed by atoms with E-state index in [0.29, 0.717) is 0 Å². The van der Waals surface area contributed by atoms with E-state index < -0.39 is 18.9 Å². The molecule has 0 saturated heterocycles. The molecule has 0 spiro atoms. The fraction of sp³-hybridized carbons (Fsp3) is 0.200. The van der Waals surface area contributed by atoms with E-state index in [0.717, 1.165) is 6.07 Å². The Morgan fingerprint density at radius 1 is 1.56 bits per heavy atom. The van der Waals surface area contributed by atoms with Crippen molar-refractivity contribution in [3.05, 3.63) is 30.0 Å². The molecule has 0 saturated carbocycles. The quantitative estimate of drug-likeness (QED) is 0.559. The SMILES string of the molecule is CCOC(=O)c1cn2cc(B(O)O)cc(F)c2n1. The van der Waals surface area contributed by atoms with Gasteiger partial charge in [0.2, 0.25) is 0 Å². The fourth-order valence-electron chi connectivity index (χ4n) is 1.52. The zero-order chi connectivity index (χ0) is 13.3. The van der Waals surface area contributed by atoms with Crippen LogP contribution in [0, 0.1) is 5.82 Å². The molecule has 8 heteroatoms. The summed E-state index contributed by atoms with van der Waals surface area (Å²) in [7, 11) is -1.79. The molecule has 0 fully saturated rings. The van der Waals surface area contributed by atoms with Crippen molar-refractivity contribution in [1.29, 1.82) is 0 Å². The number of hydrogen-bond acceptors (Lipinski definition) is 5. The molecule has 0 aliphatic carbocycles. The first-order valence-corrected chi connectivity index (χ1v) is 5.24. The molecule has 0 aliphatic heterocycles. The van der Waals surface area contributed by atoms with Crippen molar-refractivity contribution in [2.45, 2.75) is 6.92 Å². The Kier molecular flexibility index (Phi) is 3.31. The monoisotopic (exact) mass is 252 g/mol. The van der Waals surface area contributed by atoms with E-state index in [9.17, 15) is 9.18 Å². The van der Waals surface area contributed by atoms with Gasteiger partial charge < -0.3 is 19.2 Å². The number of carbonyl (C=O) groups is 1. The number of ether oxygens (including phenoxy) is 1. The van der Waals surface area contributed by atoms with E-state index in [4.69, 9.17) is 14.8 Å². The number of esters is 1. The normalized spacial score (nSPS) is 10.7. The van der Waals surface area contributed by atoms with E-state index >= 15 is 0 Å². The molecular formula is C10H10BFN2O4. The van der Waals surface area contributed by atoms with E-state index in [-0.39, 0.29) is 23.4 Å². The molecule has 0 radical (unpaired) electrons. The molecule has 2 heterocycles. The van der Waals surface area contributed by atoms with Gasteiger partial charge in [0.1, 0.15) is 0 Å². The van der Waals surface area contributed by atoms with Gasteiger partial charge in [-0.05, 0) is 13.0 Å². The lowest BCUT2D eigenvalue weighted by Gasteiger charge is -2.01. The highest BCUT2D eigenvalue weighted by molar-refractivity contribution is 6.58. The first kappa shape index (κ1) is 12.5. The van der Waals surface area contributed by atoms with Crippen LogP contribution in [0.5, 0.6) is 0 Å². The first-order valence-electron chi connectivity index (χ1n) is 5.24. The fourth-order valence-corrected chi connectivity index (χ4v) is 1.52. The van der Waals surface area contributed by atoms with Gasteiger partial charge >= 0.3 is 13.1 Å². The Hall–Kier alpha value is -1.93. The third-order valence-electron chi connectivity index (χ3n) is 2.31. The van der Waals surface area contributed by atoms with Gasteiger partial charge in [0.15, 0.2) is 17.2 Å². The second kappa shape index (κ2) is 4.75. The third kappa shape index (κ3) is 2.20. The van der Waals surface area contributed by atoms with Crippen molar-refractivity contribution in [2.24, 2.45) is 0 Å². The molecule has 0 amide bonds. The van der Waals surface area contributed by atoms with Crippen LogP contribution in [0.4, 0.5) is 4.39 Å². The summed E-state index contributed by atoms with van der Waals surface area (Å²) in [4.78, 5) is 15.2. The van der Waals surface area contributed by atoms with E-state index in [1.54, 1.807) is 6.92 Å². The summed E-state index contributed by atoms with van der Waals surface area (Å²) in [6, 6.07) is 0.946. The maximum absolute atomic E-state index is 13.6. The predicted molar refractivity (Wildman–Crippen MR) is 60.9 cm³/mol. The summed E-state index contributed by atoms with van der Waals surface area (Å²) in [5, 5.41) is 17.9. The number of carbonyl (C=O) groups excluding carboxylic acids is 1. The maximum atomic E-state index is 13.6. The average Bonchev–Trinajstić information content (AvgIpc) is 2.73. The zero-order valence-electron chi connectivity index (χ0n) is 9.50. The summed E-state index contributed by atoms with van der Waals surface area (Å²) in [5.41, 5.74) is -0.157. The molecule has 2 N–H and O–H groups in total. The van der Waals surface area contributed by atoms with Crippen molar-refractivity contribution in [3.8, 4) is 0 Å². The number of hydrogen-bond donors (Lipinski definition) is 2. The Morgan fingerprint density at radius 2 is 2.28 bits per heavy atom. The molecule has 0 aliphatic rings. The van der Waals surface area contributed by atoms with Crippen molar-refractivity contribution in [3.63, 3.8) is 0 Å². The maximum Gasteiger partial charge on any atom is 0.490 e. The van der Waals surface area contributed by atoms with Crippen LogP contribution in [-0.4, -0.2) is 39.1 Å². The highest BCUT2D eigenvalue weighted by Crippen LogP contribution is 2.09. The van der Waals surface area contributed by atoms with E-state index in [1.807, 2.05) is 0 Å². The van der Waals surface area contributed by atoms with Crippen molar-refractivity contribution >= 4 is 24.2 Å².